The van der Waals surface area contributed by atoms with Gasteiger partial charge in [0.05, 0.1) is 19.8 Å². The van der Waals surface area contributed by atoms with E-state index in [1.807, 2.05) is 7.11 Å². The summed E-state index contributed by atoms with van der Waals surface area (Å²) in [4.78, 5) is 2.68. The Balaban J connectivity index is 2.09. The number of nitrogens with one attached hydrogen (secondary N) is 1. The van der Waals surface area contributed by atoms with Crippen LogP contribution in [0.25, 0.3) is 0 Å². The van der Waals surface area contributed by atoms with Crippen LogP contribution in [0.3, 0.4) is 0 Å². The van der Waals surface area contributed by atoms with Gasteiger partial charge in [-0.2, -0.15) is 0 Å². The predicted octanol–water partition coefficient (Wildman–Crippen LogP) is 1.65. The van der Waals surface area contributed by atoms with E-state index in [1.165, 1.54) is 32.1 Å². The summed E-state index contributed by atoms with van der Waals surface area (Å²) in [6.07, 6.45) is 6.49. The second-order valence-corrected chi connectivity index (χ2v) is 5.87. The normalized spacial score (nSPS) is 25.6. The fourth-order valence-corrected chi connectivity index (χ4v) is 3.77. The maximum absolute atomic E-state index is 5.53. The van der Waals surface area contributed by atoms with E-state index >= 15 is 0 Å². The van der Waals surface area contributed by atoms with Crippen molar-refractivity contribution in [1.29, 1.82) is 0 Å². The highest BCUT2D eigenvalue weighted by atomic mass is 16.5. The number of ether oxygens (including phenoxy) is 2. The number of rotatable bonds is 7. The van der Waals surface area contributed by atoms with Gasteiger partial charge in [-0.25, -0.2) is 0 Å². The average Bonchev–Trinajstić information content (AvgIpc) is 2.95. The van der Waals surface area contributed by atoms with Gasteiger partial charge < -0.3 is 14.8 Å². The first-order valence-corrected chi connectivity index (χ1v) is 7.88. The van der Waals surface area contributed by atoms with Crippen molar-refractivity contribution in [2.24, 2.45) is 0 Å². The van der Waals surface area contributed by atoms with E-state index in [2.05, 4.69) is 17.1 Å². The molecule has 1 heterocycles. The number of methoxy groups -OCH3 is 1. The fourth-order valence-electron chi connectivity index (χ4n) is 3.77. The molecule has 0 radical (unpaired) electrons. The van der Waals surface area contributed by atoms with Crippen molar-refractivity contribution in [3.05, 3.63) is 0 Å². The first kappa shape index (κ1) is 15.2. The lowest BCUT2D eigenvalue weighted by Gasteiger charge is -2.48. The Morgan fingerprint density at radius 3 is 2.53 bits per heavy atom. The van der Waals surface area contributed by atoms with Gasteiger partial charge in [0.2, 0.25) is 0 Å². The zero-order chi connectivity index (χ0) is 13.6. The van der Waals surface area contributed by atoms with Crippen LogP contribution in [0.15, 0.2) is 0 Å². The summed E-state index contributed by atoms with van der Waals surface area (Å²) in [6, 6.07) is 0.457. The molecule has 0 spiro atoms. The van der Waals surface area contributed by atoms with Gasteiger partial charge in [-0.15, -0.1) is 0 Å². The third kappa shape index (κ3) is 3.48. The Morgan fingerprint density at radius 1 is 1.26 bits per heavy atom. The van der Waals surface area contributed by atoms with Crippen LogP contribution in [0.5, 0.6) is 0 Å². The van der Waals surface area contributed by atoms with Crippen LogP contribution in [0, 0.1) is 0 Å². The summed E-state index contributed by atoms with van der Waals surface area (Å²) in [7, 11) is 1.82. The molecule has 4 heteroatoms. The van der Waals surface area contributed by atoms with E-state index in [1.54, 1.807) is 0 Å². The van der Waals surface area contributed by atoms with Gasteiger partial charge in [-0.05, 0) is 25.8 Å². The minimum atomic E-state index is 0.301. The largest absolute Gasteiger partial charge is 0.383 e. The molecule has 1 saturated carbocycles. The van der Waals surface area contributed by atoms with Gasteiger partial charge in [-0.1, -0.05) is 19.8 Å². The molecule has 1 saturated heterocycles. The summed E-state index contributed by atoms with van der Waals surface area (Å²) in [5, 5.41) is 3.74. The van der Waals surface area contributed by atoms with E-state index in [4.69, 9.17) is 9.47 Å². The predicted molar refractivity (Wildman–Crippen MR) is 77.5 cm³/mol. The quantitative estimate of drug-likeness (QED) is 0.762. The van der Waals surface area contributed by atoms with Crippen LogP contribution in [-0.2, 0) is 9.47 Å². The Bertz CT molecular complexity index is 249. The van der Waals surface area contributed by atoms with Crippen LogP contribution < -0.4 is 5.32 Å². The molecule has 2 aliphatic rings. The molecular formula is C15H30N2O2. The first-order valence-electron chi connectivity index (χ1n) is 7.88. The smallest absolute Gasteiger partial charge is 0.0633 e. The molecule has 0 aromatic rings. The lowest BCUT2D eigenvalue weighted by molar-refractivity contribution is -0.0464. The lowest BCUT2D eigenvalue weighted by atomic mass is 9.85. The maximum atomic E-state index is 5.53. The Kier molecular flexibility index (Phi) is 6.07. The second-order valence-electron chi connectivity index (χ2n) is 5.87. The molecule has 2 fully saturated rings. The van der Waals surface area contributed by atoms with Crippen molar-refractivity contribution in [2.45, 2.75) is 50.6 Å². The van der Waals surface area contributed by atoms with Gasteiger partial charge in [0.15, 0.2) is 0 Å². The van der Waals surface area contributed by atoms with Crippen molar-refractivity contribution in [3.63, 3.8) is 0 Å². The molecule has 1 aliphatic heterocycles. The summed E-state index contributed by atoms with van der Waals surface area (Å²) in [5.41, 5.74) is 0.301. The zero-order valence-corrected chi connectivity index (χ0v) is 12.6. The molecule has 0 aromatic heterocycles. The van der Waals surface area contributed by atoms with E-state index < -0.39 is 0 Å². The zero-order valence-electron chi connectivity index (χ0n) is 12.6. The van der Waals surface area contributed by atoms with Crippen LogP contribution in [0.4, 0.5) is 0 Å². The number of hydrogen-bond donors (Lipinski definition) is 1. The van der Waals surface area contributed by atoms with E-state index in [9.17, 15) is 0 Å². The second kappa shape index (κ2) is 7.58. The van der Waals surface area contributed by atoms with Gasteiger partial charge in [0, 0.05) is 31.8 Å². The molecule has 0 aromatic carbocycles. The Labute approximate surface area is 117 Å². The third-order valence-electron chi connectivity index (χ3n) is 4.73. The van der Waals surface area contributed by atoms with Crippen molar-refractivity contribution in [1.82, 2.24) is 10.2 Å². The number of hydrogen-bond acceptors (Lipinski definition) is 4. The number of nitrogens with zero attached hydrogens (tertiary/aromatic N) is 1. The minimum Gasteiger partial charge on any atom is -0.383 e. The molecule has 1 unspecified atom stereocenters. The molecule has 4 nitrogen and oxygen atoms in total. The SMILES string of the molecule is CCCNC(COC)C1(N2CCOCC2)CCCC1. The summed E-state index contributed by atoms with van der Waals surface area (Å²) < 4.78 is 11.0. The highest BCUT2D eigenvalue weighted by Gasteiger charge is 2.45. The van der Waals surface area contributed by atoms with Gasteiger partial charge in [0.1, 0.15) is 0 Å². The van der Waals surface area contributed by atoms with Crippen molar-refractivity contribution in [3.8, 4) is 0 Å². The van der Waals surface area contributed by atoms with Gasteiger partial charge in [-0.3, -0.25) is 4.90 Å². The minimum absolute atomic E-state index is 0.301. The summed E-state index contributed by atoms with van der Waals surface area (Å²) in [6.45, 7) is 8.05. The molecule has 0 bridgehead atoms. The monoisotopic (exact) mass is 270 g/mol. The van der Waals surface area contributed by atoms with Crippen molar-refractivity contribution >= 4 is 0 Å². The Morgan fingerprint density at radius 2 is 1.95 bits per heavy atom. The summed E-state index contributed by atoms with van der Waals surface area (Å²) in [5.74, 6) is 0. The maximum Gasteiger partial charge on any atom is 0.0633 e. The van der Waals surface area contributed by atoms with Crippen LogP contribution in [0.1, 0.15) is 39.0 Å². The van der Waals surface area contributed by atoms with Crippen LogP contribution in [0.2, 0.25) is 0 Å². The van der Waals surface area contributed by atoms with Crippen LogP contribution in [-0.4, -0.2) is 63.0 Å². The fraction of sp³-hybridized carbons (Fsp3) is 1.00. The third-order valence-corrected chi connectivity index (χ3v) is 4.73. The average molecular weight is 270 g/mol. The van der Waals surface area contributed by atoms with Crippen molar-refractivity contribution in [2.75, 3.05) is 46.6 Å². The summed E-state index contributed by atoms with van der Waals surface area (Å²) >= 11 is 0. The Hall–Kier alpha value is -0.160. The van der Waals surface area contributed by atoms with E-state index in [-0.39, 0.29) is 0 Å². The van der Waals surface area contributed by atoms with Gasteiger partial charge >= 0.3 is 0 Å². The molecular weight excluding hydrogens is 240 g/mol. The van der Waals surface area contributed by atoms with E-state index in [0.29, 0.717) is 11.6 Å². The highest BCUT2D eigenvalue weighted by Crippen LogP contribution is 2.38. The molecule has 0 amide bonds. The van der Waals surface area contributed by atoms with Crippen LogP contribution >= 0.6 is 0 Å². The first-order chi connectivity index (χ1) is 9.33. The topological polar surface area (TPSA) is 33.7 Å². The molecule has 1 aliphatic carbocycles. The molecule has 2 rings (SSSR count). The van der Waals surface area contributed by atoms with Crippen molar-refractivity contribution < 1.29 is 9.47 Å². The standard InChI is InChI=1S/C15H30N2O2/c1-3-8-16-14(13-18-2)15(6-4-5-7-15)17-9-11-19-12-10-17/h14,16H,3-13H2,1-2H3. The highest BCUT2D eigenvalue weighted by molar-refractivity contribution is 5.04. The van der Waals surface area contributed by atoms with Gasteiger partial charge in [0.25, 0.3) is 0 Å². The van der Waals surface area contributed by atoms with E-state index in [0.717, 1.165) is 39.5 Å². The molecule has 1 atom stereocenters. The lowest BCUT2D eigenvalue weighted by Crippen LogP contribution is -2.63. The number of morpholine rings is 1. The molecule has 1 N–H and O–H groups in total. The molecule has 112 valence electrons. The molecule has 19 heavy (non-hydrogen) atoms.